The van der Waals surface area contributed by atoms with Crippen molar-refractivity contribution in [2.24, 2.45) is 0 Å². The SMILES string of the molecule is c1ccc2c(c1)sc1n3c(c[n+]21)-c1cnccc1C3. The van der Waals surface area contributed by atoms with Crippen molar-refractivity contribution in [3.8, 4) is 11.3 Å². The fourth-order valence-electron chi connectivity index (χ4n) is 2.93. The average molecular weight is 264 g/mol. The molecule has 5 rings (SSSR count). The second kappa shape index (κ2) is 3.22. The van der Waals surface area contributed by atoms with Gasteiger partial charge in [-0.15, -0.1) is 0 Å². The van der Waals surface area contributed by atoms with E-state index in [4.69, 9.17) is 0 Å². The Hall–Kier alpha value is -2.20. The predicted octanol–water partition coefficient (Wildman–Crippen LogP) is 2.87. The van der Waals surface area contributed by atoms with E-state index in [0.29, 0.717) is 0 Å². The number of nitrogens with zero attached hydrogens (tertiary/aromatic N) is 3. The number of hydrogen-bond acceptors (Lipinski definition) is 2. The minimum atomic E-state index is 0.955. The lowest BCUT2D eigenvalue weighted by molar-refractivity contribution is -0.476. The van der Waals surface area contributed by atoms with Crippen LogP contribution in [0, 0.1) is 0 Å². The van der Waals surface area contributed by atoms with Crippen molar-refractivity contribution in [1.82, 2.24) is 9.55 Å². The minimum absolute atomic E-state index is 0.955. The molecule has 0 amide bonds. The minimum Gasteiger partial charge on any atom is -0.264 e. The molecular formula is C15H10N3S+. The Balaban J connectivity index is 1.93. The lowest BCUT2D eigenvalue weighted by Crippen LogP contribution is -2.16. The van der Waals surface area contributed by atoms with E-state index in [1.807, 2.05) is 23.7 Å². The summed E-state index contributed by atoms with van der Waals surface area (Å²) in [6.45, 7) is 0.955. The van der Waals surface area contributed by atoms with Crippen molar-refractivity contribution >= 4 is 26.5 Å². The van der Waals surface area contributed by atoms with Crippen molar-refractivity contribution < 1.29 is 4.40 Å². The molecule has 3 nitrogen and oxygen atoms in total. The first-order valence-electron chi connectivity index (χ1n) is 6.27. The number of para-hydroxylation sites is 1. The molecule has 1 aliphatic heterocycles. The topological polar surface area (TPSA) is 21.9 Å². The van der Waals surface area contributed by atoms with Crippen LogP contribution >= 0.6 is 11.3 Å². The summed E-state index contributed by atoms with van der Waals surface area (Å²) in [5.41, 5.74) is 5.20. The van der Waals surface area contributed by atoms with Crippen LogP contribution in [-0.4, -0.2) is 9.55 Å². The zero-order valence-electron chi connectivity index (χ0n) is 10.1. The van der Waals surface area contributed by atoms with Crippen molar-refractivity contribution in [2.75, 3.05) is 0 Å². The van der Waals surface area contributed by atoms with Gasteiger partial charge in [-0.3, -0.25) is 4.98 Å². The Kier molecular flexibility index (Phi) is 1.64. The largest absolute Gasteiger partial charge is 0.347 e. The van der Waals surface area contributed by atoms with Gasteiger partial charge in [-0.2, -0.15) is 4.40 Å². The molecule has 19 heavy (non-hydrogen) atoms. The number of imidazole rings is 1. The first-order valence-corrected chi connectivity index (χ1v) is 7.09. The first-order chi connectivity index (χ1) is 9.42. The normalized spacial score (nSPS) is 13.1. The van der Waals surface area contributed by atoms with E-state index >= 15 is 0 Å². The van der Waals surface area contributed by atoms with Crippen LogP contribution in [0.25, 0.3) is 26.4 Å². The summed E-state index contributed by atoms with van der Waals surface area (Å²) in [5.74, 6) is 0. The Labute approximate surface area is 113 Å². The number of rotatable bonds is 0. The fourth-order valence-corrected chi connectivity index (χ4v) is 4.06. The van der Waals surface area contributed by atoms with E-state index in [-0.39, 0.29) is 0 Å². The third kappa shape index (κ3) is 1.12. The molecule has 0 spiro atoms. The van der Waals surface area contributed by atoms with Crippen LogP contribution in [0.15, 0.2) is 48.9 Å². The van der Waals surface area contributed by atoms with Gasteiger partial charge in [0.15, 0.2) is 11.2 Å². The van der Waals surface area contributed by atoms with Crippen molar-refractivity contribution in [2.45, 2.75) is 6.54 Å². The summed E-state index contributed by atoms with van der Waals surface area (Å²) in [7, 11) is 0. The van der Waals surface area contributed by atoms with Crippen LogP contribution in [-0.2, 0) is 6.54 Å². The van der Waals surface area contributed by atoms with Crippen molar-refractivity contribution in [1.29, 1.82) is 0 Å². The number of pyridine rings is 1. The molecule has 0 radical (unpaired) electrons. The van der Waals surface area contributed by atoms with Gasteiger partial charge in [0.05, 0.1) is 10.3 Å². The molecule has 4 heterocycles. The second-order valence-corrected chi connectivity index (χ2v) is 5.86. The van der Waals surface area contributed by atoms with Crippen LogP contribution in [0.4, 0.5) is 0 Å². The predicted molar refractivity (Wildman–Crippen MR) is 75.3 cm³/mol. The monoisotopic (exact) mass is 264 g/mol. The molecule has 1 aromatic carbocycles. The molecule has 3 aromatic heterocycles. The lowest BCUT2D eigenvalue weighted by atomic mass is 10.1. The molecule has 0 saturated carbocycles. The maximum Gasteiger partial charge on any atom is 0.347 e. The van der Waals surface area contributed by atoms with Crippen LogP contribution in [0.2, 0.25) is 0 Å². The lowest BCUT2D eigenvalue weighted by Gasteiger charge is -1.91. The maximum atomic E-state index is 4.25. The molecular weight excluding hydrogens is 254 g/mol. The fraction of sp³-hybridized carbons (Fsp3) is 0.0667. The molecule has 0 fully saturated rings. The zero-order valence-corrected chi connectivity index (χ0v) is 10.9. The highest BCUT2D eigenvalue weighted by Gasteiger charge is 2.30. The van der Waals surface area contributed by atoms with E-state index in [0.717, 1.165) is 6.54 Å². The van der Waals surface area contributed by atoms with E-state index in [1.54, 1.807) is 0 Å². The highest BCUT2D eigenvalue weighted by Crippen LogP contribution is 2.34. The third-order valence-corrected chi connectivity index (χ3v) is 4.99. The van der Waals surface area contributed by atoms with Gasteiger partial charge in [-0.05, 0) is 29.5 Å². The smallest absolute Gasteiger partial charge is 0.264 e. The Bertz CT molecular complexity index is 949. The van der Waals surface area contributed by atoms with Gasteiger partial charge in [0, 0.05) is 18.0 Å². The number of hydrogen-bond donors (Lipinski definition) is 0. The Morgan fingerprint density at radius 3 is 3.16 bits per heavy atom. The molecule has 90 valence electrons. The Morgan fingerprint density at radius 1 is 1.21 bits per heavy atom. The van der Waals surface area contributed by atoms with Crippen LogP contribution in [0.5, 0.6) is 0 Å². The van der Waals surface area contributed by atoms with E-state index in [9.17, 15) is 0 Å². The van der Waals surface area contributed by atoms with E-state index < -0.39 is 0 Å². The molecule has 4 aromatic rings. The second-order valence-electron chi connectivity index (χ2n) is 4.86. The molecule has 4 heteroatoms. The molecule has 1 aliphatic rings. The van der Waals surface area contributed by atoms with Gasteiger partial charge in [-0.25, -0.2) is 4.57 Å². The number of thiazole rings is 1. The van der Waals surface area contributed by atoms with Gasteiger partial charge < -0.3 is 0 Å². The number of fused-ring (bicyclic) bond motifs is 7. The first kappa shape index (κ1) is 9.69. The van der Waals surface area contributed by atoms with Gasteiger partial charge in [0.1, 0.15) is 12.7 Å². The molecule has 0 unspecified atom stereocenters. The van der Waals surface area contributed by atoms with Crippen LogP contribution in [0.3, 0.4) is 0 Å². The average Bonchev–Trinajstić information content (AvgIpc) is 3.07. The molecule has 0 atom stereocenters. The number of benzene rings is 1. The highest BCUT2D eigenvalue weighted by atomic mass is 32.1. The molecule has 0 aliphatic carbocycles. The summed E-state index contributed by atoms with van der Waals surface area (Å²) < 4.78 is 6.02. The van der Waals surface area contributed by atoms with Gasteiger partial charge >= 0.3 is 4.96 Å². The molecule has 0 N–H and O–H groups in total. The quantitative estimate of drug-likeness (QED) is 0.394. The zero-order chi connectivity index (χ0) is 12.4. The van der Waals surface area contributed by atoms with Crippen LogP contribution < -0.4 is 4.40 Å². The summed E-state index contributed by atoms with van der Waals surface area (Å²) in [5, 5.41) is 0. The summed E-state index contributed by atoms with van der Waals surface area (Å²) in [6.07, 6.45) is 6.09. The van der Waals surface area contributed by atoms with Gasteiger partial charge in [0.2, 0.25) is 0 Å². The van der Waals surface area contributed by atoms with Gasteiger partial charge in [-0.1, -0.05) is 12.1 Å². The Morgan fingerprint density at radius 2 is 2.16 bits per heavy atom. The van der Waals surface area contributed by atoms with Crippen molar-refractivity contribution in [3.05, 3.63) is 54.5 Å². The van der Waals surface area contributed by atoms with Crippen molar-refractivity contribution in [3.63, 3.8) is 0 Å². The number of aromatic nitrogens is 3. The summed E-state index contributed by atoms with van der Waals surface area (Å²) in [6, 6.07) is 10.7. The maximum absolute atomic E-state index is 4.25. The molecule has 0 bridgehead atoms. The summed E-state index contributed by atoms with van der Waals surface area (Å²) in [4.78, 5) is 5.55. The van der Waals surface area contributed by atoms with Gasteiger partial charge in [0.25, 0.3) is 0 Å². The summed E-state index contributed by atoms with van der Waals surface area (Å²) >= 11 is 1.85. The van der Waals surface area contributed by atoms with Crippen LogP contribution in [0.1, 0.15) is 5.56 Å². The van der Waals surface area contributed by atoms with E-state index in [2.05, 4.69) is 50.5 Å². The third-order valence-electron chi connectivity index (χ3n) is 3.82. The molecule has 0 saturated heterocycles. The van der Waals surface area contributed by atoms with E-state index in [1.165, 1.54) is 32.0 Å². The highest BCUT2D eigenvalue weighted by molar-refractivity contribution is 7.23. The standard InChI is InChI=1S/C15H10N3S/c1-2-4-14-12(3-1)18-9-13-11-7-16-6-5-10(11)8-17(13)15(18)19-14/h1-7,9H,8H2/q+1.